The van der Waals surface area contributed by atoms with Gasteiger partial charge in [-0.2, -0.15) is 14.9 Å². The van der Waals surface area contributed by atoms with Crippen molar-refractivity contribution in [2.45, 2.75) is 30.2 Å². The van der Waals surface area contributed by atoms with Gasteiger partial charge in [-0.25, -0.2) is 9.78 Å². The van der Waals surface area contributed by atoms with E-state index in [4.69, 9.17) is 5.26 Å². The fraction of sp³-hybridized carbons (Fsp3) is 0.250. The standard InChI is InChI=1S/C16H13N5OS/c17-7-13-8-18-21-14(13)19-15(20-16(21)22)23-9-10-4-5-11-2-1-3-12(11)6-10/h4-6,8H,1-3,9H2,(H,19,20,22). The van der Waals surface area contributed by atoms with Crippen molar-refractivity contribution in [1.29, 1.82) is 5.26 Å². The molecule has 1 aliphatic rings. The molecule has 7 heteroatoms. The second-order valence-electron chi connectivity index (χ2n) is 5.50. The lowest BCUT2D eigenvalue weighted by Crippen LogP contribution is -2.19. The van der Waals surface area contributed by atoms with E-state index in [1.165, 1.54) is 47.5 Å². The van der Waals surface area contributed by atoms with Gasteiger partial charge in [0.25, 0.3) is 0 Å². The Labute approximate surface area is 136 Å². The van der Waals surface area contributed by atoms with Crippen LogP contribution in [0.25, 0.3) is 5.65 Å². The van der Waals surface area contributed by atoms with Gasteiger partial charge in [-0.3, -0.25) is 4.98 Å². The van der Waals surface area contributed by atoms with E-state index in [9.17, 15) is 4.79 Å². The number of hydrogen-bond acceptors (Lipinski definition) is 5. The Kier molecular flexibility index (Phi) is 3.39. The molecule has 0 amide bonds. The summed E-state index contributed by atoms with van der Waals surface area (Å²) >= 11 is 1.45. The van der Waals surface area contributed by atoms with Crippen LogP contribution in [0.1, 0.15) is 28.7 Å². The molecule has 4 rings (SSSR count). The second kappa shape index (κ2) is 5.56. The number of H-pyrrole nitrogens is 1. The number of aromatic amines is 1. The molecule has 3 aromatic rings. The van der Waals surface area contributed by atoms with Gasteiger partial charge >= 0.3 is 5.69 Å². The lowest BCUT2D eigenvalue weighted by Gasteiger charge is -2.05. The van der Waals surface area contributed by atoms with Crippen LogP contribution in [0.4, 0.5) is 0 Å². The zero-order valence-electron chi connectivity index (χ0n) is 12.2. The number of nitriles is 1. The predicted molar refractivity (Wildman–Crippen MR) is 86.4 cm³/mol. The molecule has 0 spiro atoms. The average Bonchev–Trinajstić information content (AvgIpc) is 3.18. The molecule has 0 aliphatic heterocycles. The van der Waals surface area contributed by atoms with Crippen molar-refractivity contribution in [2.75, 3.05) is 0 Å². The molecule has 114 valence electrons. The first-order valence-corrected chi connectivity index (χ1v) is 8.35. The minimum atomic E-state index is -0.382. The summed E-state index contributed by atoms with van der Waals surface area (Å²) in [7, 11) is 0. The molecule has 2 aromatic heterocycles. The van der Waals surface area contributed by atoms with Crippen molar-refractivity contribution in [3.05, 3.63) is 57.1 Å². The van der Waals surface area contributed by atoms with Gasteiger partial charge in [-0.15, -0.1) is 0 Å². The SMILES string of the molecule is N#Cc1cnn2c(=O)[nH]c(SCc3ccc4c(c3)CCC4)nc12. The minimum absolute atomic E-state index is 0.299. The number of nitrogens with zero attached hydrogens (tertiary/aromatic N) is 4. The van der Waals surface area contributed by atoms with Crippen LogP contribution in [-0.4, -0.2) is 19.6 Å². The molecular formula is C16H13N5OS. The first kappa shape index (κ1) is 14.0. The summed E-state index contributed by atoms with van der Waals surface area (Å²) in [5.41, 5.74) is 4.32. The third kappa shape index (κ3) is 2.51. The van der Waals surface area contributed by atoms with Gasteiger partial charge in [0.05, 0.1) is 6.20 Å². The molecule has 0 radical (unpaired) electrons. The van der Waals surface area contributed by atoms with Crippen LogP contribution < -0.4 is 5.69 Å². The van der Waals surface area contributed by atoms with Crippen LogP contribution >= 0.6 is 11.8 Å². The van der Waals surface area contributed by atoms with Crippen molar-refractivity contribution in [1.82, 2.24) is 19.6 Å². The molecule has 0 saturated carbocycles. The van der Waals surface area contributed by atoms with Crippen LogP contribution in [0.3, 0.4) is 0 Å². The van der Waals surface area contributed by atoms with E-state index in [0.717, 1.165) is 16.7 Å². The topological polar surface area (TPSA) is 86.8 Å². The highest BCUT2D eigenvalue weighted by Crippen LogP contribution is 2.26. The highest BCUT2D eigenvalue weighted by Gasteiger charge is 2.12. The average molecular weight is 323 g/mol. The van der Waals surface area contributed by atoms with Crippen LogP contribution in [0.5, 0.6) is 0 Å². The lowest BCUT2D eigenvalue weighted by molar-refractivity contribution is 0.786. The lowest BCUT2D eigenvalue weighted by atomic mass is 10.1. The number of benzene rings is 1. The van der Waals surface area contributed by atoms with Crippen LogP contribution in [0, 0.1) is 11.3 Å². The Morgan fingerprint density at radius 3 is 3.09 bits per heavy atom. The molecule has 1 aromatic carbocycles. The Bertz CT molecular complexity index is 998. The normalized spacial score (nSPS) is 13.2. The van der Waals surface area contributed by atoms with E-state index in [0.29, 0.717) is 16.4 Å². The summed E-state index contributed by atoms with van der Waals surface area (Å²) in [4.78, 5) is 19.0. The summed E-state index contributed by atoms with van der Waals surface area (Å²) < 4.78 is 1.11. The number of aromatic nitrogens is 4. The fourth-order valence-electron chi connectivity index (χ4n) is 2.88. The Morgan fingerprint density at radius 1 is 1.35 bits per heavy atom. The zero-order valence-corrected chi connectivity index (χ0v) is 13.1. The Hall–Kier alpha value is -2.59. The van der Waals surface area contributed by atoms with Gasteiger partial charge in [0.2, 0.25) is 0 Å². The number of nitrogens with one attached hydrogen (secondary N) is 1. The van der Waals surface area contributed by atoms with Gasteiger partial charge in [-0.05, 0) is 36.0 Å². The number of fused-ring (bicyclic) bond motifs is 2. The highest BCUT2D eigenvalue weighted by atomic mass is 32.2. The molecule has 0 fully saturated rings. The highest BCUT2D eigenvalue weighted by molar-refractivity contribution is 7.98. The zero-order chi connectivity index (χ0) is 15.8. The van der Waals surface area contributed by atoms with Crippen LogP contribution in [0.2, 0.25) is 0 Å². The summed E-state index contributed by atoms with van der Waals surface area (Å²) in [5.74, 6) is 0.725. The third-order valence-corrected chi connectivity index (χ3v) is 4.96. The van der Waals surface area contributed by atoms with Crippen LogP contribution in [0.15, 0.2) is 34.3 Å². The van der Waals surface area contributed by atoms with E-state index in [-0.39, 0.29) is 5.69 Å². The molecule has 1 aliphatic carbocycles. The number of aryl methyl sites for hydroxylation is 2. The summed E-state index contributed by atoms with van der Waals surface area (Å²) in [6, 6.07) is 8.57. The van der Waals surface area contributed by atoms with E-state index in [1.54, 1.807) is 0 Å². The molecular weight excluding hydrogens is 310 g/mol. The predicted octanol–water partition coefficient (Wildman–Crippen LogP) is 2.07. The molecule has 23 heavy (non-hydrogen) atoms. The van der Waals surface area contributed by atoms with Crippen molar-refractivity contribution in [3.63, 3.8) is 0 Å². The van der Waals surface area contributed by atoms with Crippen LogP contribution in [-0.2, 0) is 18.6 Å². The molecule has 1 N–H and O–H groups in total. The van der Waals surface area contributed by atoms with Crippen molar-refractivity contribution >= 4 is 17.4 Å². The molecule has 6 nitrogen and oxygen atoms in total. The molecule has 0 unspecified atom stereocenters. The van der Waals surface area contributed by atoms with E-state index < -0.39 is 0 Å². The maximum atomic E-state index is 12.0. The first-order valence-electron chi connectivity index (χ1n) is 7.36. The van der Waals surface area contributed by atoms with Gasteiger partial charge in [0, 0.05) is 5.75 Å². The van der Waals surface area contributed by atoms with Gasteiger partial charge in [0.1, 0.15) is 11.6 Å². The number of thioether (sulfide) groups is 1. The first-order chi connectivity index (χ1) is 11.2. The summed E-state index contributed by atoms with van der Waals surface area (Å²) in [5, 5.41) is 13.4. The maximum Gasteiger partial charge on any atom is 0.350 e. The van der Waals surface area contributed by atoms with Crippen molar-refractivity contribution in [3.8, 4) is 6.07 Å². The molecule has 0 atom stereocenters. The van der Waals surface area contributed by atoms with E-state index >= 15 is 0 Å². The largest absolute Gasteiger partial charge is 0.350 e. The fourth-order valence-corrected chi connectivity index (χ4v) is 3.67. The van der Waals surface area contributed by atoms with E-state index in [1.807, 2.05) is 6.07 Å². The maximum absolute atomic E-state index is 12.0. The smallest absolute Gasteiger partial charge is 0.285 e. The van der Waals surface area contributed by atoms with Gasteiger partial charge < -0.3 is 0 Å². The van der Waals surface area contributed by atoms with Crippen molar-refractivity contribution in [2.24, 2.45) is 0 Å². The second-order valence-corrected chi connectivity index (χ2v) is 6.46. The van der Waals surface area contributed by atoms with Crippen molar-refractivity contribution < 1.29 is 0 Å². The summed E-state index contributed by atoms with van der Waals surface area (Å²) in [6.07, 6.45) is 4.91. The van der Waals surface area contributed by atoms with Gasteiger partial charge in [-0.1, -0.05) is 30.0 Å². The quantitative estimate of drug-likeness (QED) is 0.746. The third-order valence-electron chi connectivity index (χ3n) is 4.02. The van der Waals surface area contributed by atoms with Gasteiger partial charge in [0.15, 0.2) is 10.8 Å². The summed E-state index contributed by atoms with van der Waals surface area (Å²) in [6.45, 7) is 0. The number of hydrogen-bond donors (Lipinski definition) is 1. The Balaban J connectivity index is 1.60. The molecule has 2 heterocycles. The van der Waals surface area contributed by atoms with E-state index in [2.05, 4.69) is 33.3 Å². The minimum Gasteiger partial charge on any atom is -0.285 e. The Morgan fingerprint density at radius 2 is 2.22 bits per heavy atom. The molecule has 0 bridgehead atoms. The monoisotopic (exact) mass is 323 g/mol. The number of rotatable bonds is 3. The molecule has 0 saturated heterocycles.